The second-order valence-corrected chi connectivity index (χ2v) is 6.96. The van der Waals surface area contributed by atoms with Gasteiger partial charge >= 0.3 is 5.97 Å². The molecule has 2 bridgehead atoms. The molecule has 0 radical (unpaired) electrons. The molecular formula is C16H19NO3S. The average Bonchev–Trinajstić information content (AvgIpc) is 3.18. The van der Waals surface area contributed by atoms with Crippen LogP contribution in [0.1, 0.15) is 11.3 Å². The van der Waals surface area contributed by atoms with Crippen molar-refractivity contribution >= 4 is 23.2 Å². The van der Waals surface area contributed by atoms with Crippen LogP contribution in [0.15, 0.2) is 29.7 Å². The number of likely N-dealkylation sites (N-methyl/N-ethyl adjacent to an activating group) is 1. The van der Waals surface area contributed by atoms with Gasteiger partial charge in [0.15, 0.2) is 0 Å². The molecule has 4 nitrogen and oxygen atoms in total. The van der Waals surface area contributed by atoms with E-state index in [-0.39, 0.29) is 23.7 Å². The lowest BCUT2D eigenvalue weighted by Crippen LogP contribution is -2.41. The molecule has 0 aromatic carbocycles. The summed E-state index contributed by atoms with van der Waals surface area (Å²) in [5.41, 5.74) is 0. The largest absolute Gasteiger partial charge is 0.481 e. The Kier molecular flexibility index (Phi) is 3.85. The molecule has 4 atom stereocenters. The van der Waals surface area contributed by atoms with Gasteiger partial charge in [0.25, 0.3) is 0 Å². The van der Waals surface area contributed by atoms with Gasteiger partial charge in [-0.15, -0.1) is 11.3 Å². The number of nitrogens with zero attached hydrogens (tertiary/aromatic N) is 1. The van der Waals surface area contributed by atoms with Crippen LogP contribution >= 0.6 is 11.3 Å². The van der Waals surface area contributed by atoms with Crippen molar-refractivity contribution < 1.29 is 14.7 Å². The maximum Gasteiger partial charge on any atom is 0.307 e. The van der Waals surface area contributed by atoms with Gasteiger partial charge in [-0.1, -0.05) is 18.2 Å². The van der Waals surface area contributed by atoms with Crippen LogP contribution in [0, 0.1) is 23.7 Å². The topological polar surface area (TPSA) is 57.6 Å². The average molecular weight is 305 g/mol. The van der Waals surface area contributed by atoms with Gasteiger partial charge in [0, 0.05) is 18.5 Å². The Morgan fingerprint density at radius 1 is 1.33 bits per heavy atom. The summed E-state index contributed by atoms with van der Waals surface area (Å²) in [5, 5.41) is 11.4. The van der Waals surface area contributed by atoms with E-state index in [1.54, 1.807) is 23.3 Å². The molecule has 3 rings (SSSR count). The Hall–Kier alpha value is -1.62. The van der Waals surface area contributed by atoms with Gasteiger partial charge < -0.3 is 10.0 Å². The van der Waals surface area contributed by atoms with Crippen molar-refractivity contribution in [2.75, 3.05) is 13.6 Å². The molecule has 0 saturated heterocycles. The number of fused-ring (bicyclic) bond motifs is 2. The quantitative estimate of drug-likeness (QED) is 0.849. The van der Waals surface area contributed by atoms with Crippen LogP contribution in [0.25, 0.3) is 0 Å². The number of aliphatic carboxylic acids is 1. The number of carboxylic acids is 1. The lowest BCUT2D eigenvalue weighted by Gasteiger charge is -2.28. The highest BCUT2D eigenvalue weighted by molar-refractivity contribution is 7.09. The number of rotatable bonds is 5. The van der Waals surface area contributed by atoms with Crippen molar-refractivity contribution in [1.29, 1.82) is 0 Å². The van der Waals surface area contributed by atoms with Crippen LogP contribution < -0.4 is 0 Å². The van der Waals surface area contributed by atoms with E-state index < -0.39 is 11.9 Å². The maximum absolute atomic E-state index is 12.6. The first-order valence-corrected chi connectivity index (χ1v) is 8.14. The Morgan fingerprint density at radius 3 is 2.67 bits per heavy atom. The predicted octanol–water partition coefficient (Wildman–Crippen LogP) is 2.27. The summed E-state index contributed by atoms with van der Waals surface area (Å²) in [7, 11) is 1.78. The fourth-order valence-electron chi connectivity index (χ4n) is 3.59. The van der Waals surface area contributed by atoms with E-state index >= 15 is 0 Å². The summed E-state index contributed by atoms with van der Waals surface area (Å²) in [4.78, 5) is 27.1. The van der Waals surface area contributed by atoms with Crippen LogP contribution in [0.3, 0.4) is 0 Å². The number of allylic oxidation sites excluding steroid dienone is 2. The van der Waals surface area contributed by atoms with Crippen molar-refractivity contribution in [2.45, 2.75) is 12.8 Å². The summed E-state index contributed by atoms with van der Waals surface area (Å²) in [6.07, 6.45) is 5.64. The van der Waals surface area contributed by atoms with Gasteiger partial charge in [0.2, 0.25) is 5.91 Å². The number of thiophene rings is 1. The zero-order valence-corrected chi connectivity index (χ0v) is 12.8. The van der Waals surface area contributed by atoms with Crippen LogP contribution in [-0.4, -0.2) is 35.5 Å². The maximum atomic E-state index is 12.6. The van der Waals surface area contributed by atoms with Crippen molar-refractivity contribution in [3.05, 3.63) is 34.5 Å². The molecule has 21 heavy (non-hydrogen) atoms. The zero-order valence-electron chi connectivity index (χ0n) is 11.9. The summed E-state index contributed by atoms with van der Waals surface area (Å²) in [6, 6.07) is 4.06. The van der Waals surface area contributed by atoms with E-state index in [4.69, 9.17) is 0 Å². The molecule has 0 aliphatic heterocycles. The number of amides is 1. The molecule has 5 heteroatoms. The van der Waals surface area contributed by atoms with Crippen molar-refractivity contribution in [2.24, 2.45) is 23.7 Å². The molecule has 112 valence electrons. The Bertz CT molecular complexity index is 566. The number of carbonyl (C=O) groups excluding carboxylic acids is 1. The Labute approximate surface area is 128 Å². The van der Waals surface area contributed by atoms with E-state index in [2.05, 4.69) is 6.07 Å². The summed E-state index contributed by atoms with van der Waals surface area (Å²) < 4.78 is 0. The highest BCUT2D eigenvalue weighted by Crippen LogP contribution is 2.48. The number of carbonyl (C=O) groups is 2. The van der Waals surface area contributed by atoms with Crippen molar-refractivity contribution in [3.8, 4) is 0 Å². The van der Waals surface area contributed by atoms with Crippen LogP contribution in [0.2, 0.25) is 0 Å². The molecule has 1 aromatic heterocycles. The van der Waals surface area contributed by atoms with E-state index in [1.807, 2.05) is 23.6 Å². The lowest BCUT2D eigenvalue weighted by atomic mass is 9.82. The van der Waals surface area contributed by atoms with Gasteiger partial charge in [-0.05, 0) is 36.1 Å². The minimum atomic E-state index is -0.836. The highest BCUT2D eigenvalue weighted by atomic mass is 32.1. The molecule has 1 fully saturated rings. The van der Waals surface area contributed by atoms with Crippen LogP contribution in [-0.2, 0) is 16.0 Å². The van der Waals surface area contributed by atoms with Gasteiger partial charge in [-0.2, -0.15) is 0 Å². The first-order chi connectivity index (χ1) is 10.1. The zero-order chi connectivity index (χ0) is 15.0. The van der Waals surface area contributed by atoms with E-state index in [0.717, 1.165) is 12.8 Å². The molecule has 2 aliphatic rings. The lowest BCUT2D eigenvalue weighted by molar-refractivity contribution is -0.150. The molecule has 0 spiro atoms. The third kappa shape index (κ3) is 2.62. The van der Waals surface area contributed by atoms with Crippen LogP contribution in [0.5, 0.6) is 0 Å². The van der Waals surface area contributed by atoms with Crippen LogP contribution in [0.4, 0.5) is 0 Å². The SMILES string of the molecule is CN(CCc1cccs1)C(=O)[C@H]1C2C=CC(C2)[C@H]1C(=O)O. The van der Waals surface area contributed by atoms with E-state index in [0.29, 0.717) is 6.54 Å². The molecule has 1 N–H and O–H groups in total. The van der Waals surface area contributed by atoms with E-state index in [9.17, 15) is 14.7 Å². The number of hydrogen-bond acceptors (Lipinski definition) is 3. The Balaban J connectivity index is 1.66. The highest BCUT2D eigenvalue weighted by Gasteiger charge is 2.52. The second-order valence-electron chi connectivity index (χ2n) is 5.93. The summed E-state index contributed by atoms with van der Waals surface area (Å²) in [6.45, 7) is 0.642. The Morgan fingerprint density at radius 2 is 2.05 bits per heavy atom. The minimum absolute atomic E-state index is 0.0178. The fourth-order valence-corrected chi connectivity index (χ4v) is 4.29. The van der Waals surface area contributed by atoms with Gasteiger partial charge in [-0.3, -0.25) is 9.59 Å². The predicted molar refractivity (Wildman–Crippen MR) is 81.0 cm³/mol. The molecular weight excluding hydrogens is 286 g/mol. The van der Waals surface area contributed by atoms with Gasteiger partial charge in [0.1, 0.15) is 0 Å². The second kappa shape index (κ2) is 5.64. The van der Waals surface area contributed by atoms with E-state index in [1.165, 1.54) is 4.88 Å². The van der Waals surface area contributed by atoms with Crippen molar-refractivity contribution in [3.63, 3.8) is 0 Å². The number of hydrogen-bond donors (Lipinski definition) is 1. The number of carboxylic acid groups (broad SMARTS) is 1. The molecule has 1 aromatic rings. The summed E-state index contributed by atoms with van der Waals surface area (Å²) >= 11 is 1.68. The first-order valence-electron chi connectivity index (χ1n) is 7.26. The molecule has 1 amide bonds. The van der Waals surface area contributed by atoms with Gasteiger partial charge in [0.05, 0.1) is 11.8 Å². The van der Waals surface area contributed by atoms with Crippen molar-refractivity contribution in [1.82, 2.24) is 4.90 Å². The minimum Gasteiger partial charge on any atom is -0.481 e. The molecule has 1 saturated carbocycles. The monoisotopic (exact) mass is 305 g/mol. The molecule has 2 unspecified atom stereocenters. The van der Waals surface area contributed by atoms with Gasteiger partial charge in [-0.25, -0.2) is 0 Å². The first kappa shape index (κ1) is 14.3. The third-order valence-corrected chi connectivity index (χ3v) is 5.62. The standard InChI is InChI=1S/C16H19NO3S/c1-17(7-6-12-3-2-8-21-12)15(18)13-10-4-5-11(9-10)14(13)16(19)20/h2-5,8,10-11,13-14H,6-7,9H2,1H3,(H,19,20)/t10?,11?,13-,14+/m0/s1. The third-order valence-electron chi connectivity index (χ3n) is 4.68. The normalized spacial score (nSPS) is 29.8. The molecule has 2 aliphatic carbocycles. The summed E-state index contributed by atoms with van der Waals surface area (Å²) in [5.74, 6) is -1.64. The smallest absolute Gasteiger partial charge is 0.307 e. The molecule has 1 heterocycles. The fraction of sp³-hybridized carbons (Fsp3) is 0.500.